The Morgan fingerprint density at radius 2 is 1.83 bits per heavy atom. The number of nitrogens with zero attached hydrogens (tertiary/aromatic N) is 2. The van der Waals surface area contributed by atoms with E-state index in [0.717, 1.165) is 24.2 Å². The highest BCUT2D eigenvalue weighted by molar-refractivity contribution is 6.03. The van der Waals surface area contributed by atoms with Crippen LogP contribution in [-0.2, 0) is 0 Å². The second kappa shape index (κ2) is 8.43. The maximum absolute atomic E-state index is 12.4. The number of anilines is 2. The molecule has 0 spiro atoms. The molecule has 2 aromatic rings. The molecule has 1 aromatic carbocycles. The summed E-state index contributed by atoms with van der Waals surface area (Å²) in [5.74, 6) is 1.41. The molecule has 1 aromatic heterocycles. The summed E-state index contributed by atoms with van der Waals surface area (Å²) >= 11 is 0. The monoisotopic (exact) mass is 326 g/mol. The van der Waals surface area contributed by atoms with E-state index < -0.39 is 0 Å². The van der Waals surface area contributed by atoms with Crippen LogP contribution in [0.2, 0.25) is 0 Å². The van der Waals surface area contributed by atoms with E-state index in [1.165, 1.54) is 6.20 Å². The van der Waals surface area contributed by atoms with Gasteiger partial charge in [-0.2, -0.15) is 0 Å². The standard InChI is InChI=1S/C19H26N4O/c1-13(2)9-10-20-18-12-21-17(11-22-18)19(24)23-16-8-6-5-7-15(16)14(3)4/h5-8,11-14H,9-10H2,1-4H3,(H,20,22)(H,23,24). The third-order valence-corrected chi connectivity index (χ3v) is 3.74. The van der Waals surface area contributed by atoms with Gasteiger partial charge in [0.15, 0.2) is 0 Å². The van der Waals surface area contributed by atoms with E-state index in [-0.39, 0.29) is 5.91 Å². The van der Waals surface area contributed by atoms with E-state index >= 15 is 0 Å². The molecule has 128 valence electrons. The van der Waals surface area contributed by atoms with Gasteiger partial charge in [0.2, 0.25) is 0 Å². The summed E-state index contributed by atoms with van der Waals surface area (Å²) in [4.78, 5) is 20.8. The molecule has 1 heterocycles. The zero-order valence-corrected chi connectivity index (χ0v) is 14.8. The zero-order chi connectivity index (χ0) is 17.5. The van der Waals surface area contributed by atoms with Crippen LogP contribution in [0.25, 0.3) is 0 Å². The quantitative estimate of drug-likeness (QED) is 0.795. The average Bonchev–Trinajstić information content (AvgIpc) is 2.55. The highest BCUT2D eigenvalue weighted by Gasteiger charge is 2.12. The predicted molar refractivity (Wildman–Crippen MR) is 98.5 cm³/mol. The maximum atomic E-state index is 12.4. The van der Waals surface area contributed by atoms with Crippen molar-refractivity contribution in [2.45, 2.75) is 40.0 Å². The molecule has 24 heavy (non-hydrogen) atoms. The third kappa shape index (κ3) is 5.05. The first-order valence-corrected chi connectivity index (χ1v) is 8.43. The van der Waals surface area contributed by atoms with Crippen molar-refractivity contribution in [1.82, 2.24) is 9.97 Å². The Morgan fingerprint density at radius 1 is 1.08 bits per heavy atom. The molecular formula is C19H26N4O. The van der Waals surface area contributed by atoms with E-state index in [1.807, 2.05) is 24.3 Å². The molecule has 5 heteroatoms. The summed E-state index contributed by atoms with van der Waals surface area (Å²) in [7, 11) is 0. The first-order chi connectivity index (χ1) is 11.5. The van der Waals surface area contributed by atoms with Crippen molar-refractivity contribution in [3.8, 4) is 0 Å². The van der Waals surface area contributed by atoms with E-state index in [4.69, 9.17) is 0 Å². The van der Waals surface area contributed by atoms with Crippen LogP contribution < -0.4 is 10.6 Å². The lowest BCUT2D eigenvalue weighted by atomic mass is 10.0. The largest absolute Gasteiger partial charge is 0.369 e. The number of hydrogen-bond acceptors (Lipinski definition) is 4. The van der Waals surface area contributed by atoms with Gasteiger partial charge in [-0.3, -0.25) is 4.79 Å². The highest BCUT2D eigenvalue weighted by Crippen LogP contribution is 2.24. The topological polar surface area (TPSA) is 66.9 Å². The molecule has 0 unspecified atom stereocenters. The molecule has 1 amide bonds. The molecule has 0 saturated carbocycles. The first-order valence-electron chi connectivity index (χ1n) is 8.43. The minimum atomic E-state index is -0.246. The van der Waals surface area contributed by atoms with Crippen LogP contribution in [0.3, 0.4) is 0 Å². The van der Waals surface area contributed by atoms with Crippen LogP contribution in [0.15, 0.2) is 36.7 Å². The Bertz CT molecular complexity index is 665. The summed E-state index contributed by atoms with van der Waals surface area (Å²) in [5, 5.41) is 6.13. The zero-order valence-electron chi connectivity index (χ0n) is 14.8. The van der Waals surface area contributed by atoms with Gasteiger partial charge in [0.1, 0.15) is 11.5 Å². The van der Waals surface area contributed by atoms with Gasteiger partial charge >= 0.3 is 0 Å². The summed E-state index contributed by atoms with van der Waals surface area (Å²) in [5.41, 5.74) is 2.23. The number of rotatable bonds is 7. The second-order valence-electron chi connectivity index (χ2n) is 6.59. The lowest BCUT2D eigenvalue weighted by molar-refractivity contribution is 0.102. The lowest BCUT2D eigenvalue weighted by Crippen LogP contribution is -2.16. The van der Waals surface area contributed by atoms with Crippen LogP contribution in [0.5, 0.6) is 0 Å². The summed E-state index contributed by atoms with van der Waals surface area (Å²) < 4.78 is 0. The Balaban J connectivity index is 2.00. The van der Waals surface area contributed by atoms with Crippen molar-refractivity contribution in [1.29, 1.82) is 0 Å². The molecule has 0 aliphatic heterocycles. The molecule has 0 fully saturated rings. The van der Waals surface area contributed by atoms with Crippen LogP contribution in [0.4, 0.5) is 11.5 Å². The molecule has 0 aliphatic carbocycles. The number of para-hydroxylation sites is 1. The van der Waals surface area contributed by atoms with Crippen LogP contribution in [0, 0.1) is 5.92 Å². The van der Waals surface area contributed by atoms with E-state index in [2.05, 4.69) is 48.3 Å². The lowest BCUT2D eigenvalue weighted by Gasteiger charge is -2.13. The molecule has 2 rings (SSSR count). The van der Waals surface area contributed by atoms with E-state index in [0.29, 0.717) is 23.3 Å². The maximum Gasteiger partial charge on any atom is 0.275 e. The van der Waals surface area contributed by atoms with Crippen molar-refractivity contribution in [2.75, 3.05) is 17.2 Å². The number of benzene rings is 1. The fraction of sp³-hybridized carbons (Fsp3) is 0.421. The number of carbonyl (C=O) groups excluding carboxylic acids is 1. The highest BCUT2D eigenvalue weighted by atomic mass is 16.1. The summed E-state index contributed by atoms with van der Waals surface area (Å²) in [6.45, 7) is 9.40. The van der Waals surface area contributed by atoms with Gasteiger partial charge < -0.3 is 10.6 Å². The molecule has 0 bridgehead atoms. The molecule has 0 radical (unpaired) electrons. The Hall–Kier alpha value is -2.43. The SMILES string of the molecule is CC(C)CCNc1cnc(C(=O)Nc2ccccc2C(C)C)cn1. The van der Waals surface area contributed by atoms with Crippen molar-refractivity contribution in [3.63, 3.8) is 0 Å². The number of amides is 1. The molecule has 0 atom stereocenters. The van der Waals surface area contributed by atoms with Crippen LogP contribution in [-0.4, -0.2) is 22.4 Å². The Labute approximate surface area is 143 Å². The molecule has 0 aliphatic rings. The fourth-order valence-corrected chi connectivity index (χ4v) is 2.33. The predicted octanol–water partition coefficient (Wildman–Crippen LogP) is 4.31. The number of hydrogen-bond donors (Lipinski definition) is 2. The van der Waals surface area contributed by atoms with Crippen LogP contribution >= 0.6 is 0 Å². The molecule has 0 saturated heterocycles. The number of aromatic nitrogens is 2. The third-order valence-electron chi connectivity index (χ3n) is 3.74. The van der Waals surface area contributed by atoms with Gasteiger partial charge in [-0.25, -0.2) is 9.97 Å². The Morgan fingerprint density at radius 3 is 2.46 bits per heavy atom. The first kappa shape index (κ1) is 17.9. The van der Waals surface area contributed by atoms with Gasteiger partial charge in [0.25, 0.3) is 5.91 Å². The Kier molecular flexibility index (Phi) is 6.29. The minimum absolute atomic E-state index is 0.246. The summed E-state index contributed by atoms with van der Waals surface area (Å²) in [6.07, 6.45) is 4.17. The van der Waals surface area contributed by atoms with Crippen molar-refractivity contribution >= 4 is 17.4 Å². The van der Waals surface area contributed by atoms with Gasteiger partial charge in [-0.05, 0) is 29.9 Å². The van der Waals surface area contributed by atoms with Gasteiger partial charge in [-0.15, -0.1) is 0 Å². The normalized spacial score (nSPS) is 10.9. The van der Waals surface area contributed by atoms with Crippen molar-refractivity contribution in [3.05, 3.63) is 47.9 Å². The number of nitrogens with one attached hydrogen (secondary N) is 2. The fourth-order valence-electron chi connectivity index (χ4n) is 2.33. The van der Waals surface area contributed by atoms with E-state index in [9.17, 15) is 4.79 Å². The van der Waals surface area contributed by atoms with Gasteiger partial charge in [0, 0.05) is 12.2 Å². The van der Waals surface area contributed by atoms with Gasteiger partial charge in [0.05, 0.1) is 12.4 Å². The van der Waals surface area contributed by atoms with Crippen molar-refractivity contribution < 1.29 is 4.79 Å². The van der Waals surface area contributed by atoms with Crippen LogP contribution in [0.1, 0.15) is 56.1 Å². The van der Waals surface area contributed by atoms with Gasteiger partial charge in [-0.1, -0.05) is 45.9 Å². The van der Waals surface area contributed by atoms with E-state index in [1.54, 1.807) is 6.20 Å². The summed E-state index contributed by atoms with van der Waals surface area (Å²) in [6, 6.07) is 7.81. The molecule has 2 N–H and O–H groups in total. The smallest absolute Gasteiger partial charge is 0.275 e. The van der Waals surface area contributed by atoms with Crippen molar-refractivity contribution in [2.24, 2.45) is 5.92 Å². The molecule has 5 nitrogen and oxygen atoms in total. The molecular weight excluding hydrogens is 300 g/mol. The number of carbonyl (C=O) groups is 1. The second-order valence-corrected chi connectivity index (χ2v) is 6.59. The average molecular weight is 326 g/mol. The minimum Gasteiger partial charge on any atom is -0.369 e.